The third-order valence-corrected chi connectivity index (χ3v) is 4.61. The van der Waals surface area contributed by atoms with Gasteiger partial charge in [-0.2, -0.15) is 0 Å². The number of esters is 1. The minimum Gasteiger partial charge on any atom is -0.461 e. The van der Waals surface area contributed by atoms with Crippen molar-refractivity contribution in [2.24, 2.45) is 11.8 Å². The number of rotatable bonds is 7. The van der Waals surface area contributed by atoms with Crippen LogP contribution in [-0.2, 0) is 20.9 Å². The molecule has 1 aromatic carbocycles. The van der Waals surface area contributed by atoms with Crippen LogP contribution >= 0.6 is 15.9 Å². The van der Waals surface area contributed by atoms with Gasteiger partial charge in [0.25, 0.3) is 0 Å². The molecule has 1 unspecified atom stereocenters. The normalized spacial score (nSPS) is 23.3. The van der Waals surface area contributed by atoms with Crippen molar-refractivity contribution in [2.75, 3.05) is 6.61 Å². The summed E-state index contributed by atoms with van der Waals surface area (Å²) in [4.78, 5) is 12.1. The van der Waals surface area contributed by atoms with Crippen LogP contribution in [0, 0.1) is 11.8 Å². The van der Waals surface area contributed by atoms with Crippen LogP contribution in [-0.4, -0.2) is 23.5 Å². The molecule has 2 rings (SSSR count). The van der Waals surface area contributed by atoms with Gasteiger partial charge in [-0.1, -0.05) is 60.1 Å². The van der Waals surface area contributed by atoms with Crippen LogP contribution in [0.2, 0.25) is 0 Å². The molecule has 1 heterocycles. The number of hydrogen-bond donors (Lipinski definition) is 0. The molecule has 0 spiro atoms. The van der Waals surface area contributed by atoms with Crippen molar-refractivity contribution < 1.29 is 14.3 Å². The van der Waals surface area contributed by atoms with Crippen molar-refractivity contribution in [1.29, 1.82) is 0 Å². The monoisotopic (exact) mass is 354 g/mol. The number of halogens is 1. The molecule has 3 nitrogen and oxygen atoms in total. The van der Waals surface area contributed by atoms with Crippen molar-refractivity contribution in [3.8, 4) is 0 Å². The van der Waals surface area contributed by atoms with Crippen molar-refractivity contribution in [3.05, 3.63) is 35.9 Å². The second-order valence-electron chi connectivity index (χ2n) is 6.05. The molecule has 0 saturated carbocycles. The first-order chi connectivity index (χ1) is 10.1. The average molecular weight is 355 g/mol. The van der Waals surface area contributed by atoms with E-state index in [1.54, 1.807) is 0 Å². The van der Waals surface area contributed by atoms with E-state index in [2.05, 4.69) is 29.8 Å². The van der Waals surface area contributed by atoms with Gasteiger partial charge in [-0.25, -0.2) is 0 Å². The maximum Gasteiger partial charge on any atom is 0.311 e. The second-order valence-corrected chi connectivity index (χ2v) is 7.23. The van der Waals surface area contributed by atoms with Gasteiger partial charge in [-0.05, 0) is 17.9 Å². The molecule has 0 aliphatic carbocycles. The lowest BCUT2D eigenvalue weighted by atomic mass is 9.99. The lowest BCUT2D eigenvalue weighted by Gasteiger charge is -2.18. The van der Waals surface area contributed by atoms with E-state index in [-0.39, 0.29) is 22.8 Å². The number of alkyl halides is 1. The zero-order valence-corrected chi connectivity index (χ0v) is 14.2. The van der Waals surface area contributed by atoms with Crippen LogP contribution in [0.15, 0.2) is 30.3 Å². The van der Waals surface area contributed by atoms with Crippen LogP contribution in [0.4, 0.5) is 0 Å². The van der Waals surface area contributed by atoms with Crippen LogP contribution in [0.25, 0.3) is 0 Å². The molecule has 21 heavy (non-hydrogen) atoms. The summed E-state index contributed by atoms with van der Waals surface area (Å²) < 4.78 is 11.1. The molecular formula is C17H23BrO3. The molecular weight excluding hydrogens is 332 g/mol. The summed E-state index contributed by atoms with van der Waals surface area (Å²) in [5.74, 6) is 0.327. The highest BCUT2D eigenvalue weighted by atomic mass is 79.9. The fourth-order valence-electron chi connectivity index (χ4n) is 2.52. The highest BCUT2D eigenvalue weighted by Crippen LogP contribution is 2.30. The van der Waals surface area contributed by atoms with Gasteiger partial charge in [0.2, 0.25) is 0 Å². The van der Waals surface area contributed by atoms with Gasteiger partial charge in [-0.3, -0.25) is 4.79 Å². The summed E-state index contributed by atoms with van der Waals surface area (Å²) in [5, 5.41) is 0. The first-order valence-electron chi connectivity index (χ1n) is 7.52. The first-order valence-corrected chi connectivity index (χ1v) is 8.44. The third kappa shape index (κ3) is 5.11. The smallest absolute Gasteiger partial charge is 0.311 e. The van der Waals surface area contributed by atoms with E-state index in [0.29, 0.717) is 19.1 Å². The van der Waals surface area contributed by atoms with Gasteiger partial charge in [0.15, 0.2) is 0 Å². The first kappa shape index (κ1) is 16.5. The fraction of sp³-hybridized carbons (Fsp3) is 0.588. The van der Waals surface area contributed by atoms with E-state index in [0.717, 1.165) is 18.4 Å². The minimum atomic E-state index is -0.133. The number of carbonyl (C=O) groups excluding carboxylic acids is 1. The maximum atomic E-state index is 11.9. The van der Waals surface area contributed by atoms with E-state index in [9.17, 15) is 4.79 Å². The number of cyclic esters (lactones) is 1. The zero-order valence-electron chi connectivity index (χ0n) is 12.6. The summed E-state index contributed by atoms with van der Waals surface area (Å²) in [5.41, 5.74) is 1.12. The predicted octanol–water partition coefficient (Wildman–Crippen LogP) is 3.94. The Morgan fingerprint density at radius 1 is 1.33 bits per heavy atom. The topological polar surface area (TPSA) is 35.5 Å². The standard InChI is InChI=1S/C17H23BrO3/c1-12(2)8-15(18)16-9-14(17(19)21-16)11-20-10-13-6-4-3-5-7-13/h3-7,12,14-16H,8-11H2,1-2H3/t14?,15-,16+/m1/s1. The van der Waals surface area contributed by atoms with Gasteiger partial charge in [0.05, 0.1) is 24.0 Å². The number of carbonyl (C=O) groups is 1. The third-order valence-electron chi connectivity index (χ3n) is 3.65. The van der Waals surface area contributed by atoms with Gasteiger partial charge >= 0.3 is 5.97 Å². The predicted molar refractivity (Wildman–Crippen MR) is 86.3 cm³/mol. The lowest BCUT2D eigenvalue weighted by molar-refractivity contribution is -0.145. The number of benzene rings is 1. The summed E-state index contributed by atoms with van der Waals surface area (Å²) in [6.07, 6.45) is 1.73. The molecule has 0 amide bonds. The molecule has 0 bridgehead atoms. The summed E-state index contributed by atoms with van der Waals surface area (Å²) in [7, 11) is 0. The molecule has 116 valence electrons. The quantitative estimate of drug-likeness (QED) is 0.549. The molecule has 4 heteroatoms. The van der Waals surface area contributed by atoms with E-state index in [1.807, 2.05) is 30.3 Å². The summed E-state index contributed by atoms with van der Waals surface area (Å²) in [6, 6.07) is 9.99. The highest BCUT2D eigenvalue weighted by molar-refractivity contribution is 9.09. The molecule has 3 atom stereocenters. The Kier molecular flexibility index (Phi) is 6.24. The molecule has 1 aliphatic heterocycles. The molecule has 0 aromatic heterocycles. The Morgan fingerprint density at radius 3 is 2.71 bits per heavy atom. The molecule has 0 N–H and O–H groups in total. The van der Waals surface area contributed by atoms with Gasteiger partial charge in [0.1, 0.15) is 6.10 Å². The van der Waals surface area contributed by atoms with Crippen molar-refractivity contribution >= 4 is 21.9 Å². The van der Waals surface area contributed by atoms with Crippen molar-refractivity contribution in [2.45, 2.75) is 44.2 Å². The Balaban J connectivity index is 1.75. The fourth-order valence-corrected chi connectivity index (χ4v) is 3.59. The van der Waals surface area contributed by atoms with E-state index in [4.69, 9.17) is 9.47 Å². The van der Waals surface area contributed by atoms with Crippen LogP contribution in [0.1, 0.15) is 32.3 Å². The van der Waals surface area contributed by atoms with E-state index in [1.165, 1.54) is 0 Å². The summed E-state index contributed by atoms with van der Waals surface area (Å²) >= 11 is 3.65. The molecule has 1 saturated heterocycles. The largest absolute Gasteiger partial charge is 0.461 e. The van der Waals surface area contributed by atoms with E-state index >= 15 is 0 Å². The number of hydrogen-bond acceptors (Lipinski definition) is 3. The number of ether oxygens (including phenoxy) is 2. The summed E-state index contributed by atoms with van der Waals surface area (Å²) in [6.45, 7) is 5.32. The highest BCUT2D eigenvalue weighted by Gasteiger charge is 2.38. The van der Waals surface area contributed by atoms with E-state index < -0.39 is 0 Å². The SMILES string of the molecule is CC(C)C[C@@H](Br)[C@@H]1CC(COCc2ccccc2)C(=O)O1. The van der Waals surface area contributed by atoms with Gasteiger partial charge < -0.3 is 9.47 Å². The molecule has 1 fully saturated rings. The van der Waals surface area contributed by atoms with Gasteiger partial charge in [-0.15, -0.1) is 0 Å². The molecule has 1 aliphatic rings. The van der Waals surface area contributed by atoms with Crippen molar-refractivity contribution in [3.63, 3.8) is 0 Å². The Morgan fingerprint density at radius 2 is 2.05 bits per heavy atom. The molecule has 1 aromatic rings. The Bertz CT molecular complexity index is 447. The zero-order chi connectivity index (χ0) is 15.2. The van der Waals surface area contributed by atoms with Gasteiger partial charge in [0, 0.05) is 6.42 Å². The average Bonchev–Trinajstić information content (AvgIpc) is 2.81. The van der Waals surface area contributed by atoms with Crippen LogP contribution in [0.3, 0.4) is 0 Å². The van der Waals surface area contributed by atoms with Crippen LogP contribution < -0.4 is 0 Å². The maximum absolute atomic E-state index is 11.9. The van der Waals surface area contributed by atoms with Crippen molar-refractivity contribution in [1.82, 2.24) is 0 Å². The second kappa shape index (κ2) is 7.95. The minimum absolute atomic E-state index is 0.0229. The Hall–Kier alpha value is -0.870. The molecule has 0 radical (unpaired) electrons. The van der Waals surface area contributed by atoms with Crippen LogP contribution in [0.5, 0.6) is 0 Å². The lowest BCUT2D eigenvalue weighted by Crippen LogP contribution is -2.21. The Labute approximate surface area is 135 Å².